The van der Waals surface area contributed by atoms with E-state index in [0.29, 0.717) is 43.3 Å². The zero-order valence-corrected chi connectivity index (χ0v) is 16.1. The number of anilines is 1. The van der Waals surface area contributed by atoms with Gasteiger partial charge < -0.3 is 15.5 Å². The van der Waals surface area contributed by atoms with Crippen molar-refractivity contribution in [1.29, 1.82) is 0 Å². The van der Waals surface area contributed by atoms with Crippen molar-refractivity contribution in [1.82, 2.24) is 15.2 Å². The van der Waals surface area contributed by atoms with Crippen molar-refractivity contribution >= 4 is 40.7 Å². The van der Waals surface area contributed by atoms with Crippen molar-refractivity contribution in [3.05, 3.63) is 45.2 Å². The van der Waals surface area contributed by atoms with Crippen molar-refractivity contribution < 1.29 is 9.59 Å². The maximum Gasteiger partial charge on any atom is 0.317 e. The monoisotopic (exact) mass is 392 g/mol. The molecule has 0 unspecified atom stereocenters. The number of urea groups is 1. The summed E-state index contributed by atoms with van der Waals surface area (Å²) >= 11 is 7.47. The molecule has 3 rings (SSSR count). The molecule has 3 amide bonds. The number of hydrogen-bond acceptors (Lipinski definition) is 4. The van der Waals surface area contributed by atoms with Gasteiger partial charge in [0, 0.05) is 35.0 Å². The van der Waals surface area contributed by atoms with Crippen LogP contribution in [0, 0.1) is 12.8 Å². The van der Waals surface area contributed by atoms with Crippen LogP contribution < -0.4 is 10.6 Å². The normalized spacial score (nSPS) is 14.9. The van der Waals surface area contributed by atoms with E-state index in [1.165, 1.54) is 11.1 Å². The zero-order valence-electron chi connectivity index (χ0n) is 14.5. The molecule has 2 N–H and O–H groups in total. The van der Waals surface area contributed by atoms with E-state index < -0.39 is 0 Å². The molecule has 1 saturated heterocycles. The number of aromatic nitrogens is 1. The zero-order chi connectivity index (χ0) is 18.5. The largest absolute Gasteiger partial charge is 0.333 e. The molecular formula is C18H21ClN4O2S. The Labute approximate surface area is 161 Å². The molecule has 1 fully saturated rings. The van der Waals surface area contributed by atoms with Gasteiger partial charge in [-0.15, -0.1) is 11.3 Å². The average Bonchev–Trinajstić information content (AvgIpc) is 3.07. The first kappa shape index (κ1) is 18.7. The Bertz CT molecular complexity index is 770. The smallest absolute Gasteiger partial charge is 0.317 e. The van der Waals surface area contributed by atoms with Crippen LogP contribution in [0.15, 0.2) is 30.5 Å². The molecule has 0 atom stereocenters. The fraction of sp³-hybridized carbons (Fsp3) is 0.389. The Hall–Kier alpha value is -2.12. The average molecular weight is 393 g/mol. The van der Waals surface area contributed by atoms with Gasteiger partial charge in [-0.05, 0) is 44.0 Å². The van der Waals surface area contributed by atoms with Crippen LogP contribution in [0.5, 0.6) is 0 Å². The Morgan fingerprint density at radius 3 is 2.65 bits per heavy atom. The summed E-state index contributed by atoms with van der Waals surface area (Å²) in [6, 6.07) is 7.36. The molecule has 8 heteroatoms. The number of piperidine rings is 1. The highest BCUT2D eigenvalue weighted by Crippen LogP contribution is 2.20. The van der Waals surface area contributed by atoms with Crippen LogP contribution in [-0.4, -0.2) is 34.9 Å². The first-order valence-electron chi connectivity index (χ1n) is 8.52. The molecule has 0 spiro atoms. The third-order valence-electron chi connectivity index (χ3n) is 4.34. The summed E-state index contributed by atoms with van der Waals surface area (Å²) in [5.41, 5.74) is 0. The van der Waals surface area contributed by atoms with E-state index in [4.69, 9.17) is 11.6 Å². The first-order valence-corrected chi connectivity index (χ1v) is 9.71. The number of aryl methyl sites for hydroxylation is 1. The molecule has 2 aromatic heterocycles. The second-order valence-electron chi connectivity index (χ2n) is 6.28. The van der Waals surface area contributed by atoms with Crippen LogP contribution in [0.4, 0.5) is 10.6 Å². The summed E-state index contributed by atoms with van der Waals surface area (Å²) < 4.78 is 0. The maximum atomic E-state index is 12.3. The standard InChI is InChI=1S/C18H21ClN4O2S/c1-12-2-4-15(26-12)11-21-18(25)23-8-6-13(7-9-23)17(24)22-16-5-3-14(19)10-20-16/h2-5,10,13H,6-9,11H2,1H3,(H,21,25)(H,20,22,24). The lowest BCUT2D eigenvalue weighted by Gasteiger charge is -2.31. The molecule has 0 saturated carbocycles. The molecule has 138 valence electrons. The van der Waals surface area contributed by atoms with Gasteiger partial charge in [0.15, 0.2) is 0 Å². The van der Waals surface area contributed by atoms with Crippen molar-refractivity contribution in [2.45, 2.75) is 26.3 Å². The van der Waals surface area contributed by atoms with E-state index in [9.17, 15) is 9.59 Å². The Morgan fingerprint density at radius 1 is 1.27 bits per heavy atom. The highest BCUT2D eigenvalue weighted by Gasteiger charge is 2.27. The van der Waals surface area contributed by atoms with Crippen molar-refractivity contribution in [3.63, 3.8) is 0 Å². The van der Waals surface area contributed by atoms with Crippen LogP contribution in [-0.2, 0) is 11.3 Å². The summed E-state index contributed by atoms with van der Waals surface area (Å²) in [5.74, 6) is 0.316. The molecule has 0 radical (unpaired) electrons. The number of likely N-dealkylation sites (tertiary alicyclic amines) is 1. The van der Waals surface area contributed by atoms with Gasteiger partial charge in [-0.2, -0.15) is 0 Å². The van der Waals surface area contributed by atoms with Crippen molar-refractivity contribution in [2.24, 2.45) is 5.92 Å². The van der Waals surface area contributed by atoms with Crippen LogP contribution in [0.2, 0.25) is 5.02 Å². The Balaban J connectivity index is 1.43. The Kier molecular flexibility index (Phi) is 6.11. The lowest BCUT2D eigenvalue weighted by molar-refractivity contribution is -0.121. The second-order valence-corrected chi connectivity index (χ2v) is 8.09. The summed E-state index contributed by atoms with van der Waals surface area (Å²) in [6.45, 7) is 3.73. The number of nitrogens with zero attached hydrogens (tertiary/aromatic N) is 2. The number of hydrogen-bond donors (Lipinski definition) is 2. The predicted octanol–water partition coefficient (Wildman–Crippen LogP) is 3.67. The van der Waals surface area contributed by atoms with Gasteiger partial charge in [0.1, 0.15) is 5.82 Å². The summed E-state index contributed by atoms with van der Waals surface area (Å²) in [5, 5.41) is 6.28. The Morgan fingerprint density at radius 2 is 2.04 bits per heavy atom. The highest BCUT2D eigenvalue weighted by atomic mass is 35.5. The predicted molar refractivity (Wildman–Crippen MR) is 103 cm³/mol. The number of pyridine rings is 1. The van der Waals surface area contributed by atoms with Gasteiger partial charge in [0.2, 0.25) is 5.91 Å². The van der Waals surface area contributed by atoms with Crippen LogP contribution in [0.1, 0.15) is 22.6 Å². The lowest BCUT2D eigenvalue weighted by Crippen LogP contribution is -2.45. The SMILES string of the molecule is Cc1ccc(CNC(=O)N2CCC(C(=O)Nc3ccc(Cl)cn3)CC2)s1. The number of rotatable bonds is 4. The number of amides is 3. The molecule has 0 bridgehead atoms. The minimum Gasteiger partial charge on any atom is -0.333 e. The summed E-state index contributed by atoms with van der Waals surface area (Å²) in [4.78, 5) is 32.8. The molecule has 6 nitrogen and oxygen atoms in total. The molecule has 0 aromatic carbocycles. The third-order valence-corrected chi connectivity index (χ3v) is 5.57. The molecule has 1 aliphatic heterocycles. The number of carbonyl (C=O) groups is 2. The third kappa shape index (κ3) is 4.95. The van der Waals surface area contributed by atoms with E-state index in [-0.39, 0.29) is 17.9 Å². The molecular weight excluding hydrogens is 372 g/mol. The van der Waals surface area contributed by atoms with Gasteiger partial charge in [-0.3, -0.25) is 4.79 Å². The van der Waals surface area contributed by atoms with Crippen molar-refractivity contribution in [2.75, 3.05) is 18.4 Å². The van der Waals surface area contributed by atoms with E-state index in [2.05, 4.69) is 15.6 Å². The molecule has 1 aliphatic rings. The maximum absolute atomic E-state index is 12.3. The number of carbonyl (C=O) groups excluding carboxylic acids is 2. The van der Waals surface area contributed by atoms with E-state index in [1.54, 1.807) is 28.4 Å². The number of nitrogens with one attached hydrogen (secondary N) is 2. The quantitative estimate of drug-likeness (QED) is 0.833. The summed E-state index contributed by atoms with van der Waals surface area (Å²) in [6.07, 6.45) is 2.79. The molecule has 0 aliphatic carbocycles. The van der Waals surface area contributed by atoms with Crippen LogP contribution in [0.3, 0.4) is 0 Å². The minimum absolute atomic E-state index is 0.0612. The van der Waals surface area contributed by atoms with Crippen LogP contribution in [0.25, 0.3) is 0 Å². The number of halogens is 1. The molecule has 26 heavy (non-hydrogen) atoms. The first-order chi connectivity index (χ1) is 12.5. The highest BCUT2D eigenvalue weighted by molar-refractivity contribution is 7.11. The molecule has 3 heterocycles. The second kappa shape index (κ2) is 8.51. The van der Waals surface area contributed by atoms with Gasteiger partial charge in [-0.1, -0.05) is 11.6 Å². The lowest BCUT2D eigenvalue weighted by atomic mass is 9.96. The summed E-state index contributed by atoms with van der Waals surface area (Å²) in [7, 11) is 0. The van der Waals surface area contributed by atoms with E-state index in [1.807, 2.05) is 19.1 Å². The van der Waals surface area contributed by atoms with Gasteiger partial charge >= 0.3 is 6.03 Å². The fourth-order valence-electron chi connectivity index (χ4n) is 2.88. The van der Waals surface area contributed by atoms with Gasteiger partial charge in [0.25, 0.3) is 0 Å². The fourth-order valence-corrected chi connectivity index (χ4v) is 3.82. The number of thiophene rings is 1. The topological polar surface area (TPSA) is 74.3 Å². The van der Waals surface area contributed by atoms with Crippen molar-refractivity contribution in [3.8, 4) is 0 Å². The molecule has 2 aromatic rings. The minimum atomic E-state index is -0.114. The van der Waals surface area contributed by atoms with Gasteiger partial charge in [0.05, 0.1) is 11.6 Å². The van der Waals surface area contributed by atoms with E-state index >= 15 is 0 Å². The van der Waals surface area contributed by atoms with E-state index in [0.717, 1.165) is 4.88 Å². The van der Waals surface area contributed by atoms with Crippen LogP contribution >= 0.6 is 22.9 Å². The van der Waals surface area contributed by atoms with Gasteiger partial charge in [-0.25, -0.2) is 9.78 Å².